The van der Waals surface area contributed by atoms with Crippen molar-refractivity contribution in [1.29, 1.82) is 0 Å². The average Bonchev–Trinajstić information content (AvgIpc) is 3.64. The van der Waals surface area contributed by atoms with E-state index in [9.17, 15) is 4.11 Å². The molecule has 0 N–H and O–H groups in total. The quantitative estimate of drug-likeness (QED) is 0.159. The Morgan fingerprint density at radius 1 is 0.444 bits per heavy atom. The molecule has 0 fully saturated rings. The maximum atomic E-state index is 9.37. The second-order valence-electron chi connectivity index (χ2n) is 27.4. The Hall–Kier alpha value is -5.80. The molecule has 2 nitrogen and oxygen atoms in total. The van der Waals surface area contributed by atoms with Gasteiger partial charge in [0, 0.05) is 43.5 Å². The molecule has 366 valence electrons. The van der Waals surface area contributed by atoms with Crippen molar-refractivity contribution in [3.8, 4) is 11.1 Å². The molecule has 0 saturated heterocycles. The standard InChI is InChI=1S/C69H77BN2/c1-42-31-60-62-61(32-42)72(57-37-52-48(33-43(57)2)65(7,8)40-67(52,11)12)59-38-51-49(63(3,4)29-30-64(51,5)6)35-54(59)70(62)55-36-50-53(68(13,14)41-66(50,9)10)39-58(55)71(60)56-28-27-46(34-47(56)44-23-19-17-20-24-44)69(15,16)45-25-21-18-22-26-45/h17-28,31-39H,29-30,40-41H2,1-16H3/i1D3. The minimum Gasteiger partial charge on any atom is -0.311 e. The highest BCUT2D eigenvalue weighted by molar-refractivity contribution is 7.00. The highest BCUT2D eigenvalue weighted by atomic mass is 15.2. The van der Waals surface area contributed by atoms with Crippen LogP contribution in [0.5, 0.6) is 0 Å². The van der Waals surface area contributed by atoms with Crippen molar-refractivity contribution in [3.63, 3.8) is 0 Å². The van der Waals surface area contributed by atoms with Crippen molar-refractivity contribution in [2.75, 3.05) is 9.80 Å². The van der Waals surface area contributed by atoms with Gasteiger partial charge in [-0.1, -0.05) is 182 Å². The number of aryl methyl sites for hydroxylation is 2. The van der Waals surface area contributed by atoms with Crippen LogP contribution in [0.1, 0.15) is 182 Å². The summed E-state index contributed by atoms with van der Waals surface area (Å²) >= 11 is 0. The van der Waals surface area contributed by atoms with E-state index >= 15 is 0 Å². The van der Waals surface area contributed by atoms with Gasteiger partial charge < -0.3 is 9.80 Å². The molecule has 12 rings (SSSR count). The van der Waals surface area contributed by atoms with Crippen LogP contribution in [-0.2, 0) is 37.9 Å². The number of hydrogen-bond acceptors (Lipinski definition) is 2. The van der Waals surface area contributed by atoms with Crippen LogP contribution in [0.25, 0.3) is 11.1 Å². The van der Waals surface area contributed by atoms with Crippen LogP contribution in [0.15, 0.2) is 127 Å². The van der Waals surface area contributed by atoms with Gasteiger partial charge in [0.05, 0.1) is 5.69 Å². The van der Waals surface area contributed by atoms with Crippen molar-refractivity contribution in [1.82, 2.24) is 0 Å². The maximum absolute atomic E-state index is 9.37. The van der Waals surface area contributed by atoms with Crippen LogP contribution in [-0.4, -0.2) is 6.71 Å². The van der Waals surface area contributed by atoms with Gasteiger partial charge in [0.2, 0.25) is 0 Å². The van der Waals surface area contributed by atoms with Gasteiger partial charge in [-0.25, -0.2) is 0 Å². The van der Waals surface area contributed by atoms with Gasteiger partial charge in [-0.15, -0.1) is 0 Å². The van der Waals surface area contributed by atoms with Crippen LogP contribution in [0.3, 0.4) is 0 Å². The van der Waals surface area contributed by atoms with Crippen molar-refractivity contribution >= 4 is 57.2 Å². The van der Waals surface area contributed by atoms with Gasteiger partial charge in [0.25, 0.3) is 6.71 Å². The Balaban J connectivity index is 1.24. The number of benzene rings is 7. The van der Waals surface area contributed by atoms with E-state index in [1.54, 1.807) is 0 Å². The summed E-state index contributed by atoms with van der Waals surface area (Å²) in [5.74, 6) is 0. The summed E-state index contributed by atoms with van der Waals surface area (Å²) in [5, 5.41) is 0. The SMILES string of the molecule is [2H]C([2H])([2H])c1cc2c3c(c1)N(c1ccc(C(C)(C)c4ccccc4)cc1-c1ccccc1)c1cc4c(cc1B3c1cc3c(cc1N2c1cc2c(cc1C)C(C)(C)CC2(C)C)C(C)(C)CCC3(C)C)C(C)(C)CC4(C)C. The first kappa shape index (κ1) is 43.8. The minimum atomic E-state index is -2.39. The summed E-state index contributed by atoms with van der Waals surface area (Å²) in [7, 11) is 0. The molecule has 3 heteroatoms. The van der Waals surface area contributed by atoms with Gasteiger partial charge in [-0.3, -0.25) is 0 Å². The third-order valence-electron chi connectivity index (χ3n) is 19.0. The summed E-state index contributed by atoms with van der Waals surface area (Å²) < 4.78 is 28.1. The van der Waals surface area contributed by atoms with E-state index in [-0.39, 0.29) is 44.6 Å². The van der Waals surface area contributed by atoms with Crippen LogP contribution < -0.4 is 26.2 Å². The first-order chi connectivity index (χ1) is 34.9. The molecule has 0 unspecified atom stereocenters. The molecule has 7 aromatic carbocycles. The molecule has 2 heterocycles. The fourth-order valence-electron chi connectivity index (χ4n) is 15.4. The van der Waals surface area contributed by atoms with Gasteiger partial charge in [0.1, 0.15) is 0 Å². The highest BCUT2D eigenvalue weighted by Gasteiger charge is 2.51. The molecule has 3 aliphatic carbocycles. The summed E-state index contributed by atoms with van der Waals surface area (Å²) in [6.07, 6.45) is 4.31. The molecule has 0 atom stereocenters. The van der Waals surface area contributed by atoms with Crippen LogP contribution in [0.4, 0.5) is 34.1 Å². The van der Waals surface area contributed by atoms with Gasteiger partial charge in [0.15, 0.2) is 0 Å². The van der Waals surface area contributed by atoms with Crippen molar-refractivity contribution in [3.05, 3.63) is 183 Å². The predicted molar refractivity (Wildman–Crippen MR) is 311 cm³/mol. The molecule has 0 bridgehead atoms. The van der Waals surface area contributed by atoms with E-state index in [0.29, 0.717) is 5.56 Å². The van der Waals surface area contributed by atoms with E-state index in [1.165, 1.54) is 66.7 Å². The molecule has 2 aliphatic heterocycles. The third kappa shape index (κ3) is 6.80. The van der Waals surface area contributed by atoms with E-state index in [0.717, 1.165) is 70.7 Å². The Kier molecular flexibility index (Phi) is 9.21. The Bertz CT molecular complexity index is 3540. The number of hydrogen-bond donors (Lipinski definition) is 0. The highest BCUT2D eigenvalue weighted by Crippen LogP contribution is 2.57. The molecule has 5 aliphatic rings. The largest absolute Gasteiger partial charge is 0.311 e. The lowest BCUT2D eigenvalue weighted by molar-refractivity contribution is 0.332. The molecule has 0 aromatic heterocycles. The first-order valence-corrected chi connectivity index (χ1v) is 27.0. The fraction of sp³-hybridized carbons (Fsp3) is 0.391. The molecule has 0 radical (unpaired) electrons. The summed E-state index contributed by atoms with van der Waals surface area (Å²) in [4.78, 5) is 5.03. The topological polar surface area (TPSA) is 6.48 Å². The summed E-state index contributed by atoms with van der Waals surface area (Å²) in [5.41, 5.74) is 24.2. The number of anilines is 6. The van der Waals surface area contributed by atoms with Crippen LogP contribution in [0, 0.1) is 13.8 Å². The van der Waals surface area contributed by atoms with Crippen molar-refractivity contribution in [2.45, 2.75) is 174 Å². The first-order valence-electron chi connectivity index (χ1n) is 28.5. The van der Waals surface area contributed by atoms with Crippen LogP contribution in [0.2, 0.25) is 0 Å². The molecule has 0 amide bonds. The monoisotopic (exact) mass is 948 g/mol. The zero-order chi connectivity index (χ0) is 53.5. The second kappa shape index (κ2) is 15.1. The lowest BCUT2D eigenvalue weighted by Gasteiger charge is -2.48. The van der Waals surface area contributed by atoms with Crippen LogP contribution >= 0.6 is 0 Å². The van der Waals surface area contributed by atoms with Gasteiger partial charge in [-0.05, 0) is 192 Å². The Morgan fingerprint density at radius 2 is 0.889 bits per heavy atom. The van der Waals surface area contributed by atoms with E-state index < -0.39 is 6.85 Å². The molecule has 7 aromatic rings. The van der Waals surface area contributed by atoms with Gasteiger partial charge in [-0.2, -0.15) is 0 Å². The summed E-state index contributed by atoms with van der Waals surface area (Å²) in [6, 6.07) is 48.2. The molecular formula is C69H77BN2. The van der Waals surface area contributed by atoms with E-state index in [2.05, 4.69) is 241 Å². The second-order valence-corrected chi connectivity index (χ2v) is 27.4. The van der Waals surface area contributed by atoms with Gasteiger partial charge >= 0.3 is 0 Å². The molecule has 0 saturated carbocycles. The zero-order valence-corrected chi connectivity index (χ0v) is 45.9. The summed E-state index contributed by atoms with van der Waals surface area (Å²) in [6.45, 7) is 33.5. The minimum absolute atomic E-state index is 0.0250. The number of nitrogens with zero attached hydrogens (tertiary/aromatic N) is 2. The predicted octanol–water partition coefficient (Wildman–Crippen LogP) is 16.6. The maximum Gasteiger partial charge on any atom is 0.252 e. The number of rotatable bonds is 5. The molecule has 0 spiro atoms. The smallest absolute Gasteiger partial charge is 0.252 e. The fourth-order valence-corrected chi connectivity index (χ4v) is 15.4. The lowest BCUT2D eigenvalue weighted by atomic mass is 9.32. The van der Waals surface area contributed by atoms with E-state index in [4.69, 9.17) is 0 Å². The molecular weight excluding hydrogens is 868 g/mol. The third-order valence-corrected chi connectivity index (χ3v) is 19.0. The van der Waals surface area contributed by atoms with Crippen molar-refractivity contribution < 1.29 is 4.11 Å². The molecule has 72 heavy (non-hydrogen) atoms. The normalized spacial score (nSPS) is 20.5. The number of fused-ring (bicyclic) bond motifs is 7. The zero-order valence-electron chi connectivity index (χ0n) is 48.9. The average molecular weight is 948 g/mol. The van der Waals surface area contributed by atoms with Crippen molar-refractivity contribution in [2.24, 2.45) is 0 Å². The Labute approximate surface area is 437 Å². The van der Waals surface area contributed by atoms with E-state index in [1.807, 2.05) is 0 Å². The lowest BCUT2D eigenvalue weighted by Crippen LogP contribution is -2.62. The Morgan fingerprint density at radius 3 is 1.42 bits per heavy atom.